The van der Waals surface area contributed by atoms with Crippen molar-refractivity contribution in [3.05, 3.63) is 96.1 Å². The molecule has 4 nitrogen and oxygen atoms in total. The zero-order valence-electron chi connectivity index (χ0n) is 16.3. The standard InChI is InChI=1S/C16H13NO2S.C7H4NS.Zn/c1-12-7-9-14(10-8-12)20(18,19)15-6-2-4-13-5-3-11-17-16(13)15;1-2-4-7-6(3-1)8-5-9-7;/h2-11H,1H3;1-4H;/q;-1;. The Labute approximate surface area is 192 Å². The zero-order valence-corrected chi connectivity index (χ0v) is 20.9. The maximum atomic E-state index is 12.7. The first-order valence-electron chi connectivity index (χ1n) is 8.93. The molecule has 0 spiro atoms. The molecular formula is C23H17N2O2S2Zn-. The molecule has 0 amide bonds. The summed E-state index contributed by atoms with van der Waals surface area (Å²) in [6.07, 6.45) is 1.61. The van der Waals surface area contributed by atoms with E-state index in [2.05, 4.69) is 15.5 Å². The van der Waals surface area contributed by atoms with Crippen molar-refractivity contribution in [3.63, 3.8) is 0 Å². The molecule has 0 aliphatic rings. The molecule has 5 rings (SSSR count). The average Bonchev–Trinajstić information content (AvgIpc) is 3.23. The molecule has 0 bridgehead atoms. The van der Waals surface area contributed by atoms with Gasteiger partial charge in [-0.05, 0) is 36.7 Å². The van der Waals surface area contributed by atoms with Gasteiger partial charge in [0.15, 0.2) is 0 Å². The van der Waals surface area contributed by atoms with Crippen LogP contribution in [0.15, 0.2) is 94.9 Å². The maximum Gasteiger partial charge on any atom is 0.208 e. The number of sulfone groups is 1. The SMILES string of the molecule is Cc1ccc(S(=O)(=O)c2cccc3cccnc23)cc1.[Zn].[c-]1nc2ccccc2s1. The Morgan fingerprint density at radius 1 is 0.867 bits per heavy atom. The Bertz CT molecular complexity index is 1350. The first kappa shape index (κ1) is 22.2. The second kappa shape index (κ2) is 9.56. The van der Waals surface area contributed by atoms with Crippen molar-refractivity contribution in [2.24, 2.45) is 0 Å². The van der Waals surface area contributed by atoms with Crippen molar-refractivity contribution in [2.45, 2.75) is 16.7 Å². The molecule has 0 atom stereocenters. The molecule has 30 heavy (non-hydrogen) atoms. The molecule has 0 aliphatic carbocycles. The van der Waals surface area contributed by atoms with Crippen molar-refractivity contribution in [1.82, 2.24) is 9.97 Å². The van der Waals surface area contributed by atoms with Gasteiger partial charge < -0.3 is 4.98 Å². The van der Waals surface area contributed by atoms with Crippen molar-refractivity contribution in [3.8, 4) is 0 Å². The van der Waals surface area contributed by atoms with Gasteiger partial charge in [-0.3, -0.25) is 16.3 Å². The van der Waals surface area contributed by atoms with E-state index >= 15 is 0 Å². The summed E-state index contributed by atoms with van der Waals surface area (Å²) >= 11 is 1.55. The number of nitrogens with zero attached hydrogens (tertiary/aromatic N) is 2. The Morgan fingerprint density at radius 3 is 2.37 bits per heavy atom. The number of aryl methyl sites for hydroxylation is 1. The number of thiazole rings is 1. The van der Waals surface area contributed by atoms with Crippen molar-refractivity contribution in [1.29, 1.82) is 0 Å². The molecule has 0 saturated carbocycles. The first-order valence-corrected chi connectivity index (χ1v) is 11.2. The van der Waals surface area contributed by atoms with E-state index in [4.69, 9.17) is 0 Å². The summed E-state index contributed by atoms with van der Waals surface area (Å²) in [5.41, 5.74) is 5.41. The zero-order chi connectivity index (χ0) is 20.3. The van der Waals surface area contributed by atoms with Crippen LogP contribution in [-0.4, -0.2) is 18.4 Å². The summed E-state index contributed by atoms with van der Waals surface area (Å²) in [6, 6.07) is 23.7. The van der Waals surface area contributed by atoms with Crippen LogP contribution in [0, 0.1) is 12.4 Å². The molecule has 5 aromatic rings. The average molecular weight is 483 g/mol. The molecule has 0 unspecified atom stereocenters. The van der Waals surface area contributed by atoms with Crippen LogP contribution in [0.2, 0.25) is 0 Å². The number of benzene rings is 3. The fraction of sp³-hybridized carbons (Fsp3) is 0.0435. The number of hydrogen-bond donors (Lipinski definition) is 0. The van der Waals surface area contributed by atoms with E-state index in [1.807, 2.05) is 43.3 Å². The fourth-order valence-corrected chi connectivity index (χ4v) is 4.93. The monoisotopic (exact) mass is 481 g/mol. The third kappa shape index (κ3) is 4.64. The van der Waals surface area contributed by atoms with Crippen LogP contribution in [0.4, 0.5) is 0 Å². The van der Waals surface area contributed by atoms with E-state index in [9.17, 15) is 8.42 Å². The molecule has 146 valence electrons. The molecule has 0 aliphatic heterocycles. The second-order valence-electron chi connectivity index (χ2n) is 6.42. The number of aromatic nitrogens is 2. The topological polar surface area (TPSA) is 59.9 Å². The number of para-hydroxylation sites is 2. The molecular weight excluding hydrogens is 466 g/mol. The predicted octanol–water partition coefficient (Wildman–Crippen LogP) is 5.47. The molecule has 0 fully saturated rings. The molecule has 2 aromatic heterocycles. The largest absolute Gasteiger partial charge is 0.386 e. The van der Waals surface area contributed by atoms with E-state index in [1.165, 1.54) is 4.70 Å². The van der Waals surface area contributed by atoms with E-state index in [0.29, 0.717) is 10.4 Å². The number of hydrogen-bond acceptors (Lipinski definition) is 5. The summed E-state index contributed by atoms with van der Waals surface area (Å²) in [6.45, 7) is 1.93. The van der Waals surface area contributed by atoms with Crippen LogP contribution in [0.1, 0.15) is 5.56 Å². The van der Waals surface area contributed by atoms with Crippen LogP contribution in [0.5, 0.6) is 0 Å². The molecule has 0 saturated heterocycles. The van der Waals surface area contributed by atoms with Gasteiger partial charge in [-0.2, -0.15) is 0 Å². The van der Waals surface area contributed by atoms with Crippen LogP contribution < -0.4 is 0 Å². The number of rotatable bonds is 2. The minimum Gasteiger partial charge on any atom is -0.386 e. The number of pyridine rings is 1. The van der Waals surface area contributed by atoms with Crippen molar-refractivity contribution in [2.75, 3.05) is 0 Å². The predicted molar refractivity (Wildman–Crippen MR) is 117 cm³/mol. The fourth-order valence-electron chi connectivity index (χ4n) is 2.89. The second-order valence-corrected chi connectivity index (χ2v) is 9.17. The Kier molecular flexibility index (Phi) is 7.08. The third-order valence-electron chi connectivity index (χ3n) is 4.40. The molecule has 7 heteroatoms. The van der Waals surface area contributed by atoms with Crippen LogP contribution in [-0.2, 0) is 29.3 Å². The Hall–Kier alpha value is -2.47. The van der Waals surface area contributed by atoms with Gasteiger partial charge >= 0.3 is 0 Å². The van der Waals surface area contributed by atoms with Gasteiger partial charge in [0.1, 0.15) is 0 Å². The molecule has 0 N–H and O–H groups in total. The summed E-state index contributed by atoms with van der Waals surface area (Å²) in [5, 5.41) is 0.820. The first-order chi connectivity index (χ1) is 14.1. The summed E-state index contributed by atoms with van der Waals surface area (Å²) in [5.74, 6) is 0. The minimum absolute atomic E-state index is 0. The smallest absolute Gasteiger partial charge is 0.208 e. The summed E-state index contributed by atoms with van der Waals surface area (Å²) in [7, 11) is -3.54. The van der Waals surface area contributed by atoms with Gasteiger partial charge in [0, 0.05) is 31.1 Å². The van der Waals surface area contributed by atoms with Gasteiger partial charge in [0.2, 0.25) is 9.84 Å². The van der Waals surface area contributed by atoms with Gasteiger partial charge in [-0.15, -0.1) is 16.8 Å². The maximum absolute atomic E-state index is 12.7. The van der Waals surface area contributed by atoms with Gasteiger partial charge in [-0.25, -0.2) is 8.42 Å². The van der Waals surface area contributed by atoms with Crippen LogP contribution in [0.25, 0.3) is 21.1 Å². The Balaban J connectivity index is 0.000000214. The number of fused-ring (bicyclic) bond motifs is 2. The minimum atomic E-state index is -3.54. The van der Waals surface area contributed by atoms with Gasteiger partial charge in [0.25, 0.3) is 0 Å². The van der Waals surface area contributed by atoms with Crippen LogP contribution >= 0.6 is 11.3 Å². The van der Waals surface area contributed by atoms with Crippen molar-refractivity contribution >= 4 is 42.3 Å². The summed E-state index contributed by atoms with van der Waals surface area (Å²) < 4.78 is 26.6. The van der Waals surface area contributed by atoms with E-state index in [1.54, 1.807) is 60.0 Å². The Morgan fingerprint density at radius 2 is 1.60 bits per heavy atom. The van der Waals surface area contributed by atoms with Gasteiger partial charge in [0.05, 0.1) is 15.3 Å². The summed E-state index contributed by atoms with van der Waals surface area (Å²) in [4.78, 5) is 8.77. The van der Waals surface area contributed by atoms with Gasteiger partial charge in [-0.1, -0.05) is 53.5 Å². The normalized spacial score (nSPS) is 10.8. The third-order valence-corrected chi connectivity index (χ3v) is 6.95. The molecule has 2 heterocycles. The van der Waals surface area contributed by atoms with Crippen LogP contribution in [0.3, 0.4) is 0 Å². The van der Waals surface area contributed by atoms with Crippen molar-refractivity contribution < 1.29 is 27.9 Å². The molecule has 0 radical (unpaired) electrons. The van der Waals surface area contributed by atoms with E-state index in [-0.39, 0.29) is 24.4 Å². The van der Waals surface area contributed by atoms with E-state index in [0.717, 1.165) is 16.5 Å². The molecule has 3 aromatic carbocycles. The van der Waals surface area contributed by atoms with E-state index < -0.39 is 9.84 Å². The quantitative estimate of drug-likeness (QED) is 0.247.